The van der Waals surface area contributed by atoms with Crippen molar-refractivity contribution in [1.29, 1.82) is 0 Å². The van der Waals surface area contributed by atoms with Gasteiger partial charge in [-0.2, -0.15) is 5.10 Å². The van der Waals surface area contributed by atoms with Crippen LogP contribution in [0.5, 0.6) is 0 Å². The van der Waals surface area contributed by atoms with Crippen molar-refractivity contribution in [2.45, 2.75) is 39.3 Å². The Bertz CT molecular complexity index is 453. The van der Waals surface area contributed by atoms with E-state index in [-0.39, 0.29) is 5.41 Å². The topological polar surface area (TPSA) is 53.6 Å². The van der Waals surface area contributed by atoms with Gasteiger partial charge in [0.05, 0.1) is 10.7 Å². The molecule has 0 aliphatic heterocycles. The summed E-state index contributed by atoms with van der Waals surface area (Å²) in [5, 5.41) is 13.5. The van der Waals surface area contributed by atoms with Gasteiger partial charge in [-0.25, -0.2) is 4.98 Å². The van der Waals surface area contributed by atoms with Crippen LogP contribution in [0.15, 0.2) is 17.6 Å². The lowest BCUT2D eigenvalue weighted by Crippen LogP contribution is -2.14. The fraction of sp³-hybridized carbons (Fsp3) is 0.500. The number of nitrogens with one attached hydrogen (secondary N) is 2. The highest BCUT2D eigenvalue weighted by Crippen LogP contribution is 2.25. The number of aromatic nitrogens is 3. The van der Waals surface area contributed by atoms with E-state index in [4.69, 9.17) is 0 Å². The average Bonchev–Trinajstić information content (AvgIpc) is 2.86. The smallest absolute Gasteiger partial charge is 0.0982 e. The van der Waals surface area contributed by atoms with Crippen molar-refractivity contribution in [2.24, 2.45) is 0 Å². The third-order valence-electron chi connectivity index (χ3n) is 2.37. The molecular formula is C12H18N4S. The van der Waals surface area contributed by atoms with E-state index in [2.05, 4.69) is 46.6 Å². The maximum Gasteiger partial charge on any atom is 0.0982 e. The van der Waals surface area contributed by atoms with E-state index in [9.17, 15) is 0 Å². The number of hydrogen-bond donors (Lipinski definition) is 2. The molecule has 17 heavy (non-hydrogen) atoms. The van der Waals surface area contributed by atoms with Crippen LogP contribution in [0.3, 0.4) is 0 Å². The number of aromatic amines is 1. The van der Waals surface area contributed by atoms with Crippen molar-refractivity contribution >= 4 is 11.3 Å². The molecule has 0 saturated carbocycles. The highest BCUT2D eigenvalue weighted by atomic mass is 32.1. The minimum atomic E-state index is 0.145. The summed E-state index contributed by atoms with van der Waals surface area (Å²) in [7, 11) is 0. The molecule has 5 heteroatoms. The van der Waals surface area contributed by atoms with E-state index < -0.39 is 0 Å². The molecule has 0 amide bonds. The minimum absolute atomic E-state index is 0.145. The summed E-state index contributed by atoms with van der Waals surface area (Å²) in [6.07, 6.45) is 1.76. The van der Waals surface area contributed by atoms with Crippen LogP contribution in [0.2, 0.25) is 0 Å². The van der Waals surface area contributed by atoms with Gasteiger partial charge in [0.15, 0.2) is 0 Å². The van der Waals surface area contributed by atoms with Crippen LogP contribution in [0, 0.1) is 0 Å². The largest absolute Gasteiger partial charge is 0.305 e. The van der Waals surface area contributed by atoms with Gasteiger partial charge in [0, 0.05) is 35.8 Å². The van der Waals surface area contributed by atoms with Gasteiger partial charge in [0.1, 0.15) is 0 Å². The molecular weight excluding hydrogens is 232 g/mol. The molecule has 0 aliphatic rings. The maximum atomic E-state index is 4.63. The van der Waals surface area contributed by atoms with Crippen molar-refractivity contribution in [3.63, 3.8) is 0 Å². The second kappa shape index (κ2) is 4.98. The zero-order valence-corrected chi connectivity index (χ0v) is 11.3. The average molecular weight is 250 g/mol. The summed E-state index contributed by atoms with van der Waals surface area (Å²) in [5.74, 6) is 0. The molecule has 0 fully saturated rings. The third kappa shape index (κ3) is 3.38. The van der Waals surface area contributed by atoms with Crippen molar-refractivity contribution in [2.75, 3.05) is 0 Å². The molecule has 0 bridgehead atoms. The van der Waals surface area contributed by atoms with Gasteiger partial charge >= 0.3 is 0 Å². The van der Waals surface area contributed by atoms with Crippen molar-refractivity contribution in [1.82, 2.24) is 20.5 Å². The van der Waals surface area contributed by atoms with Gasteiger partial charge in [0.2, 0.25) is 0 Å². The SMILES string of the molecule is CC(C)(C)c1nc(CNCc2ccn[nH]2)cs1. The number of H-pyrrole nitrogens is 1. The first-order valence-electron chi connectivity index (χ1n) is 5.69. The van der Waals surface area contributed by atoms with Gasteiger partial charge in [-0.05, 0) is 6.07 Å². The lowest BCUT2D eigenvalue weighted by Gasteiger charge is -2.13. The number of hydrogen-bond acceptors (Lipinski definition) is 4. The first-order chi connectivity index (χ1) is 8.05. The quantitative estimate of drug-likeness (QED) is 0.876. The van der Waals surface area contributed by atoms with Crippen LogP contribution >= 0.6 is 11.3 Å². The van der Waals surface area contributed by atoms with Crippen LogP contribution in [0.25, 0.3) is 0 Å². The van der Waals surface area contributed by atoms with E-state index in [1.165, 1.54) is 5.01 Å². The van der Waals surface area contributed by atoms with Crippen LogP contribution in [0.1, 0.15) is 37.2 Å². The van der Waals surface area contributed by atoms with Crippen molar-refractivity contribution < 1.29 is 0 Å². The van der Waals surface area contributed by atoms with Crippen LogP contribution < -0.4 is 5.32 Å². The summed E-state index contributed by atoms with van der Waals surface area (Å²) in [4.78, 5) is 4.63. The normalized spacial score (nSPS) is 11.9. The molecule has 4 nitrogen and oxygen atoms in total. The van der Waals surface area contributed by atoms with Crippen LogP contribution in [-0.2, 0) is 18.5 Å². The number of rotatable bonds is 4. The third-order valence-corrected chi connectivity index (χ3v) is 3.69. The predicted molar refractivity (Wildman–Crippen MR) is 69.9 cm³/mol. The highest BCUT2D eigenvalue weighted by molar-refractivity contribution is 7.09. The second-order valence-corrected chi connectivity index (χ2v) is 5.94. The molecule has 0 aliphatic carbocycles. The van der Waals surface area contributed by atoms with E-state index in [1.54, 1.807) is 17.5 Å². The van der Waals surface area contributed by atoms with Gasteiger partial charge in [-0.1, -0.05) is 20.8 Å². The molecule has 92 valence electrons. The maximum absolute atomic E-state index is 4.63. The number of nitrogens with zero attached hydrogens (tertiary/aromatic N) is 2. The summed E-state index contributed by atoms with van der Waals surface area (Å²) in [5.41, 5.74) is 2.35. The van der Waals surface area contributed by atoms with Crippen LogP contribution in [-0.4, -0.2) is 15.2 Å². The summed E-state index contributed by atoms with van der Waals surface area (Å²) in [6, 6.07) is 1.97. The standard InChI is InChI=1S/C12H18N4S/c1-12(2,3)11-15-10(8-17-11)7-13-6-9-4-5-14-16-9/h4-5,8,13H,6-7H2,1-3H3,(H,14,16). The molecule has 2 rings (SSSR count). The summed E-state index contributed by atoms with van der Waals surface area (Å²) < 4.78 is 0. The van der Waals surface area contributed by atoms with E-state index in [1.807, 2.05) is 6.07 Å². The van der Waals surface area contributed by atoms with Crippen molar-refractivity contribution in [3.8, 4) is 0 Å². The van der Waals surface area contributed by atoms with Gasteiger partial charge in [0.25, 0.3) is 0 Å². The molecule has 0 atom stereocenters. The Morgan fingerprint density at radius 3 is 2.76 bits per heavy atom. The number of thiazole rings is 1. The predicted octanol–water partition coefficient (Wildman–Crippen LogP) is 2.45. The zero-order chi connectivity index (χ0) is 12.3. The Morgan fingerprint density at radius 1 is 1.35 bits per heavy atom. The molecule has 0 radical (unpaired) electrons. The molecule has 0 spiro atoms. The summed E-state index contributed by atoms with van der Waals surface area (Å²) >= 11 is 1.73. The fourth-order valence-electron chi connectivity index (χ4n) is 1.44. The Kier molecular flexibility index (Phi) is 3.59. The van der Waals surface area contributed by atoms with Gasteiger partial charge < -0.3 is 5.32 Å². The molecule has 2 heterocycles. The Morgan fingerprint density at radius 2 is 2.18 bits per heavy atom. The zero-order valence-electron chi connectivity index (χ0n) is 10.4. The Labute approximate surface area is 105 Å². The van der Waals surface area contributed by atoms with Crippen molar-refractivity contribution in [3.05, 3.63) is 34.0 Å². The second-order valence-electron chi connectivity index (χ2n) is 5.08. The van der Waals surface area contributed by atoms with E-state index in [0.717, 1.165) is 24.5 Å². The summed E-state index contributed by atoms with van der Waals surface area (Å²) in [6.45, 7) is 8.16. The molecule has 0 unspecified atom stereocenters. The Balaban J connectivity index is 1.85. The first-order valence-corrected chi connectivity index (χ1v) is 6.57. The lowest BCUT2D eigenvalue weighted by atomic mass is 9.98. The molecule has 2 N–H and O–H groups in total. The fourth-order valence-corrected chi connectivity index (χ4v) is 2.35. The highest BCUT2D eigenvalue weighted by Gasteiger charge is 2.17. The first kappa shape index (κ1) is 12.3. The molecule has 2 aromatic heterocycles. The van der Waals surface area contributed by atoms with E-state index >= 15 is 0 Å². The molecule has 0 aromatic carbocycles. The van der Waals surface area contributed by atoms with E-state index in [0.29, 0.717) is 0 Å². The monoisotopic (exact) mass is 250 g/mol. The lowest BCUT2D eigenvalue weighted by molar-refractivity contribution is 0.579. The van der Waals surface area contributed by atoms with Gasteiger partial charge in [-0.15, -0.1) is 11.3 Å². The molecule has 0 saturated heterocycles. The van der Waals surface area contributed by atoms with Crippen LogP contribution in [0.4, 0.5) is 0 Å². The Hall–Kier alpha value is -1.20. The molecule has 2 aromatic rings. The minimum Gasteiger partial charge on any atom is -0.305 e. The van der Waals surface area contributed by atoms with Gasteiger partial charge in [-0.3, -0.25) is 5.10 Å².